The second-order valence-electron chi connectivity index (χ2n) is 11.5. The molecule has 0 fully saturated rings. The number of carbonyl (C=O) groups excluding carboxylic acids is 3. The highest BCUT2D eigenvalue weighted by Crippen LogP contribution is 2.50. The van der Waals surface area contributed by atoms with E-state index in [2.05, 4.69) is 58.0 Å². The van der Waals surface area contributed by atoms with Crippen LogP contribution in [0.3, 0.4) is 0 Å². The topological polar surface area (TPSA) is 57.7 Å². The summed E-state index contributed by atoms with van der Waals surface area (Å²) < 4.78 is 0. The fraction of sp³-hybridized carbons (Fsp3) is 0.265. The predicted octanol–water partition coefficient (Wildman–Crippen LogP) is 6.52. The van der Waals surface area contributed by atoms with Crippen LogP contribution in [0.5, 0.6) is 0 Å². The molecule has 0 aliphatic carbocycles. The summed E-state index contributed by atoms with van der Waals surface area (Å²) in [4.78, 5) is 44.0. The molecule has 5 nitrogen and oxygen atoms in total. The van der Waals surface area contributed by atoms with E-state index in [0.717, 1.165) is 28.0 Å². The zero-order valence-corrected chi connectivity index (χ0v) is 22.8. The Labute approximate surface area is 229 Å². The molecule has 0 N–H and O–H groups in total. The quantitative estimate of drug-likeness (QED) is 0.290. The minimum atomic E-state index is -0.566. The molecule has 0 bridgehead atoms. The molecule has 2 heterocycles. The van der Waals surface area contributed by atoms with Crippen LogP contribution in [0.1, 0.15) is 71.5 Å². The van der Waals surface area contributed by atoms with Crippen molar-refractivity contribution in [3.8, 4) is 0 Å². The van der Waals surface area contributed by atoms with Crippen LogP contribution in [0.4, 0.5) is 5.69 Å². The number of rotatable bonds is 4. The molecule has 4 aromatic carbocycles. The lowest BCUT2D eigenvalue weighted by atomic mass is 9.65. The van der Waals surface area contributed by atoms with E-state index in [1.54, 1.807) is 17.0 Å². The van der Waals surface area contributed by atoms with E-state index in [1.807, 2.05) is 42.5 Å². The average Bonchev–Trinajstić information content (AvgIpc) is 2.93. The molecular formula is C34H32N2O3. The van der Waals surface area contributed by atoms with Crippen LogP contribution < -0.4 is 4.90 Å². The molecular weight excluding hydrogens is 484 g/mol. The van der Waals surface area contributed by atoms with Gasteiger partial charge in [-0.05, 0) is 67.0 Å². The van der Waals surface area contributed by atoms with Crippen LogP contribution in [0, 0.1) is 0 Å². The summed E-state index contributed by atoms with van der Waals surface area (Å²) >= 11 is 0. The molecule has 0 aromatic heterocycles. The summed E-state index contributed by atoms with van der Waals surface area (Å²) in [5, 5.41) is 1.50. The summed E-state index contributed by atoms with van der Waals surface area (Å²) in [6, 6.07) is 27.6. The maximum Gasteiger partial charge on any atom is 0.261 e. The van der Waals surface area contributed by atoms with Gasteiger partial charge in [-0.2, -0.15) is 0 Å². The Morgan fingerprint density at radius 2 is 1.41 bits per heavy atom. The second kappa shape index (κ2) is 8.91. The van der Waals surface area contributed by atoms with Crippen LogP contribution in [0.2, 0.25) is 0 Å². The number of nitrogens with zero attached hydrogens (tertiary/aromatic N) is 2. The Morgan fingerprint density at radius 1 is 0.795 bits per heavy atom. The normalized spacial score (nSPS) is 19.8. The monoisotopic (exact) mass is 516 g/mol. The fourth-order valence-corrected chi connectivity index (χ4v) is 6.77. The molecule has 0 saturated heterocycles. The summed E-state index contributed by atoms with van der Waals surface area (Å²) in [6.07, 6.45) is 1.67. The highest BCUT2D eigenvalue weighted by Gasteiger charge is 2.48. The van der Waals surface area contributed by atoms with Crippen molar-refractivity contribution in [2.75, 3.05) is 11.4 Å². The molecule has 0 spiro atoms. The molecule has 4 aromatic rings. The molecule has 0 saturated carbocycles. The van der Waals surface area contributed by atoms with E-state index >= 15 is 0 Å². The third-order valence-corrected chi connectivity index (χ3v) is 8.53. The van der Waals surface area contributed by atoms with Gasteiger partial charge in [-0.3, -0.25) is 19.3 Å². The minimum Gasteiger partial charge on any atom is -0.305 e. The van der Waals surface area contributed by atoms with Crippen LogP contribution in [0.15, 0.2) is 84.9 Å². The lowest BCUT2D eigenvalue weighted by Gasteiger charge is -2.51. The molecule has 2 aliphatic heterocycles. The largest absolute Gasteiger partial charge is 0.305 e. The lowest BCUT2D eigenvalue weighted by molar-refractivity contribution is -0.120. The summed E-state index contributed by atoms with van der Waals surface area (Å²) in [5.41, 5.74) is 4.41. The molecule has 6 rings (SSSR count). The van der Waals surface area contributed by atoms with E-state index < -0.39 is 17.4 Å². The Bertz CT molecular complexity index is 1600. The van der Waals surface area contributed by atoms with Crippen molar-refractivity contribution in [2.45, 2.75) is 51.5 Å². The van der Waals surface area contributed by atoms with Crippen LogP contribution in [-0.4, -0.2) is 34.7 Å². The summed E-state index contributed by atoms with van der Waals surface area (Å²) in [6.45, 7) is 8.20. The van der Waals surface area contributed by atoms with Gasteiger partial charge in [0.15, 0.2) is 0 Å². The van der Waals surface area contributed by atoms with Gasteiger partial charge in [-0.1, -0.05) is 80.6 Å². The van der Waals surface area contributed by atoms with Crippen molar-refractivity contribution < 1.29 is 14.4 Å². The zero-order chi connectivity index (χ0) is 27.5. The number of hydrogen-bond acceptors (Lipinski definition) is 3. The van der Waals surface area contributed by atoms with Crippen LogP contribution >= 0.6 is 0 Å². The fourth-order valence-electron chi connectivity index (χ4n) is 6.77. The Balaban J connectivity index is 1.38. The van der Waals surface area contributed by atoms with E-state index in [1.165, 1.54) is 11.1 Å². The number of benzene rings is 4. The van der Waals surface area contributed by atoms with E-state index in [0.29, 0.717) is 22.9 Å². The van der Waals surface area contributed by atoms with Gasteiger partial charge in [0.1, 0.15) is 6.54 Å². The highest BCUT2D eigenvalue weighted by molar-refractivity contribution is 6.26. The Hall–Kier alpha value is -4.25. The molecule has 5 heteroatoms. The minimum absolute atomic E-state index is 0.274. The zero-order valence-electron chi connectivity index (χ0n) is 22.8. The van der Waals surface area contributed by atoms with Crippen molar-refractivity contribution >= 4 is 34.2 Å². The van der Waals surface area contributed by atoms with Gasteiger partial charge < -0.3 is 4.90 Å². The standard InChI is InChI=1S/C34H32N2O3/c1-5-22-16-18-24(19-17-22)34(4)21-33(2,3)36(28-15-7-6-14-27(28)34)29(37)20-35-31(38)25-12-8-10-23-11-9-13-26(30(23)25)32(35)39/h6-19H,5,20-21H2,1-4H3/t34-/m1/s1. The van der Waals surface area contributed by atoms with Crippen molar-refractivity contribution in [3.05, 3.63) is 113 Å². The van der Waals surface area contributed by atoms with Gasteiger partial charge in [-0.15, -0.1) is 0 Å². The molecule has 0 unspecified atom stereocenters. The van der Waals surface area contributed by atoms with Gasteiger partial charge >= 0.3 is 0 Å². The number of para-hydroxylation sites is 1. The maximum atomic E-state index is 14.1. The first-order valence-corrected chi connectivity index (χ1v) is 13.6. The number of aryl methyl sites for hydroxylation is 1. The summed E-state index contributed by atoms with van der Waals surface area (Å²) in [7, 11) is 0. The average molecular weight is 517 g/mol. The Kier molecular flexibility index (Phi) is 5.72. The third-order valence-electron chi connectivity index (χ3n) is 8.53. The van der Waals surface area contributed by atoms with Crippen LogP contribution in [-0.2, 0) is 16.6 Å². The van der Waals surface area contributed by atoms with Crippen molar-refractivity contribution in [2.24, 2.45) is 0 Å². The second-order valence-corrected chi connectivity index (χ2v) is 11.5. The molecule has 196 valence electrons. The van der Waals surface area contributed by atoms with Crippen molar-refractivity contribution in [1.82, 2.24) is 4.90 Å². The Morgan fingerprint density at radius 3 is 2.03 bits per heavy atom. The first-order chi connectivity index (χ1) is 18.7. The molecule has 2 aliphatic rings. The smallest absolute Gasteiger partial charge is 0.261 e. The number of hydrogen-bond donors (Lipinski definition) is 0. The van der Waals surface area contributed by atoms with E-state index in [9.17, 15) is 14.4 Å². The third kappa shape index (κ3) is 3.79. The first kappa shape index (κ1) is 25.1. The van der Waals surface area contributed by atoms with Crippen LogP contribution in [0.25, 0.3) is 10.8 Å². The number of imide groups is 1. The number of fused-ring (bicyclic) bond motifs is 1. The molecule has 39 heavy (non-hydrogen) atoms. The highest BCUT2D eigenvalue weighted by atomic mass is 16.2. The van der Waals surface area contributed by atoms with Gasteiger partial charge in [0.05, 0.1) is 0 Å². The maximum absolute atomic E-state index is 14.1. The van der Waals surface area contributed by atoms with E-state index in [-0.39, 0.29) is 17.9 Å². The van der Waals surface area contributed by atoms with Gasteiger partial charge in [0.25, 0.3) is 11.8 Å². The van der Waals surface area contributed by atoms with Gasteiger partial charge in [0.2, 0.25) is 5.91 Å². The molecule has 3 amide bonds. The van der Waals surface area contributed by atoms with Crippen molar-refractivity contribution in [3.63, 3.8) is 0 Å². The van der Waals surface area contributed by atoms with E-state index in [4.69, 9.17) is 0 Å². The first-order valence-electron chi connectivity index (χ1n) is 13.6. The number of amides is 3. The van der Waals surface area contributed by atoms with Gasteiger partial charge in [-0.25, -0.2) is 0 Å². The SMILES string of the molecule is CCc1ccc([C@@]2(C)CC(C)(C)N(C(=O)CN3C(=O)c4cccc5cccc(c45)C3=O)c3ccccc32)cc1. The predicted molar refractivity (Wildman–Crippen MR) is 154 cm³/mol. The lowest BCUT2D eigenvalue weighted by Crippen LogP contribution is -2.58. The van der Waals surface area contributed by atoms with Gasteiger partial charge in [0, 0.05) is 33.2 Å². The van der Waals surface area contributed by atoms with Crippen molar-refractivity contribution in [1.29, 1.82) is 0 Å². The summed E-state index contributed by atoms with van der Waals surface area (Å²) in [5.74, 6) is -1.13. The molecule has 1 atom stereocenters. The number of carbonyl (C=O) groups is 3. The molecule has 0 radical (unpaired) electrons. The number of anilines is 1.